The molecule has 0 aromatic carbocycles. The Morgan fingerprint density at radius 2 is 2.18 bits per heavy atom. The summed E-state index contributed by atoms with van der Waals surface area (Å²) < 4.78 is 19.8. The van der Waals surface area contributed by atoms with Gasteiger partial charge in [0.2, 0.25) is 0 Å². The quantitative estimate of drug-likeness (QED) is 0.616. The number of carbonyl (C=O) groups is 1. The Kier molecular flexibility index (Phi) is 5.86. The van der Waals surface area contributed by atoms with Gasteiger partial charge in [-0.05, 0) is 31.0 Å². The van der Waals surface area contributed by atoms with Gasteiger partial charge in [-0.2, -0.15) is 5.26 Å². The Bertz CT molecular complexity index is 917. The third-order valence-electron chi connectivity index (χ3n) is 4.22. The number of pyridine rings is 2. The first-order valence-corrected chi connectivity index (χ1v) is 8.59. The highest BCUT2D eigenvalue weighted by molar-refractivity contribution is 5.66. The third kappa shape index (κ3) is 4.63. The molecule has 9 nitrogen and oxygen atoms in total. The zero-order valence-corrected chi connectivity index (χ0v) is 15.1. The van der Waals surface area contributed by atoms with Gasteiger partial charge < -0.3 is 25.8 Å². The van der Waals surface area contributed by atoms with Gasteiger partial charge in [0.25, 0.3) is 0 Å². The van der Waals surface area contributed by atoms with Crippen molar-refractivity contribution in [2.45, 2.75) is 25.4 Å². The minimum atomic E-state index is -1.19. The molecule has 2 atom stereocenters. The van der Waals surface area contributed by atoms with Gasteiger partial charge in [-0.3, -0.25) is 4.98 Å². The average Bonchev–Trinajstić information content (AvgIpc) is 2.65. The lowest BCUT2D eigenvalue weighted by molar-refractivity contribution is 0.0625. The zero-order chi connectivity index (χ0) is 20.1. The molecule has 0 spiro atoms. The first-order chi connectivity index (χ1) is 13.5. The number of ether oxygens (including phenoxy) is 1. The van der Waals surface area contributed by atoms with E-state index in [0.29, 0.717) is 18.7 Å². The normalized spacial score (nSPS) is 18.8. The second kappa shape index (κ2) is 8.49. The lowest BCUT2D eigenvalue weighted by Gasteiger charge is -2.32. The van der Waals surface area contributed by atoms with Crippen LogP contribution in [-0.4, -0.2) is 46.5 Å². The molecule has 2 aromatic heterocycles. The summed E-state index contributed by atoms with van der Waals surface area (Å²) >= 11 is 0. The van der Waals surface area contributed by atoms with E-state index in [1.807, 2.05) is 19.1 Å². The van der Waals surface area contributed by atoms with Gasteiger partial charge in [-0.25, -0.2) is 14.2 Å². The number of carboxylic acid groups (broad SMARTS) is 1. The number of nitrogens with zero attached hydrogens (tertiary/aromatic N) is 3. The van der Waals surface area contributed by atoms with Gasteiger partial charge >= 0.3 is 6.09 Å². The topological polar surface area (TPSA) is 132 Å². The molecule has 0 unspecified atom stereocenters. The highest BCUT2D eigenvalue weighted by Gasteiger charge is 2.28. The summed E-state index contributed by atoms with van der Waals surface area (Å²) in [5.74, 6) is -0.607. The molecular weight excluding hydrogens is 367 g/mol. The SMILES string of the molecule is Cc1cncc(Nc2nc(N[C@@H]3CCOC[C@@H]3NC(=O)O)c(F)cc2C#N)c1. The van der Waals surface area contributed by atoms with Gasteiger partial charge in [-0.1, -0.05) is 0 Å². The number of hydrogen-bond acceptors (Lipinski definition) is 7. The van der Waals surface area contributed by atoms with E-state index in [4.69, 9.17) is 9.84 Å². The molecule has 0 saturated carbocycles. The average molecular weight is 386 g/mol. The predicted octanol–water partition coefficient (Wildman–Crippen LogP) is 2.38. The summed E-state index contributed by atoms with van der Waals surface area (Å²) in [6.45, 7) is 2.45. The number of halogens is 1. The fourth-order valence-corrected chi connectivity index (χ4v) is 2.92. The van der Waals surface area contributed by atoms with Gasteiger partial charge in [0, 0.05) is 12.8 Å². The number of amides is 1. The molecule has 1 aliphatic heterocycles. The van der Waals surface area contributed by atoms with Crippen molar-refractivity contribution >= 4 is 23.4 Å². The molecule has 0 bridgehead atoms. The molecule has 1 saturated heterocycles. The number of nitriles is 1. The molecule has 0 aliphatic carbocycles. The van der Waals surface area contributed by atoms with Crippen molar-refractivity contribution < 1.29 is 19.0 Å². The summed E-state index contributed by atoms with van der Waals surface area (Å²) in [6, 6.07) is 3.85. The Morgan fingerprint density at radius 1 is 1.36 bits per heavy atom. The van der Waals surface area contributed by atoms with Gasteiger partial charge in [0.1, 0.15) is 6.07 Å². The predicted molar refractivity (Wildman–Crippen MR) is 99.0 cm³/mol. The second-order valence-corrected chi connectivity index (χ2v) is 6.37. The molecule has 1 fully saturated rings. The van der Waals surface area contributed by atoms with Crippen LogP contribution < -0.4 is 16.0 Å². The van der Waals surface area contributed by atoms with Crippen molar-refractivity contribution in [1.29, 1.82) is 5.26 Å². The smallest absolute Gasteiger partial charge is 0.405 e. The molecule has 4 N–H and O–H groups in total. The molecule has 28 heavy (non-hydrogen) atoms. The van der Waals surface area contributed by atoms with E-state index in [1.54, 1.807) is 12.4 Å². The highest BCUT2D eigenvalue weighted by Crippen LogP contribution is 2.25. The Labute approximate surface area is 160 Å². The van der Waals surface area contributed by atoms with E-state index >= 15 is 0 Å². The van der Waals surface area contributed by atoms with E-state index in [0.717, 1.165) is 11.6 Å². The fraction of sp³-hybridized carbons (Fsp3) is 0.333. The second-order valence-electron chi connectivity index (χ2n) is 6.37. The lowest BCUT2D eigenvalue weighted by atomic mass is 10.0. The van der Waals surface area contributed by atoms with E-state index < -0.39 is 24.0 Å². The van der Waals surface area contributed by atoms with Crippen molar-refractivity contribution in [2.24, 2.45) is 0 Å². The van der Waals surface area contributed by atoms with Crippen LogP contribution >= 0.6 is 0 Å². The third-order valence-corrected chi connectivity index (χ3v) is 4.22. The maximum atomic E-state index is 14.5. The molecule has 10 heteroatoms. The van der Waals surface area contributed by atoms with Crippen molar-refractivity contribution in [3.63, 3.8) is 0 Å². The highest BCUT2D eigenvalue weighted by atomic mass is 19.1. The summed E-state index contributed by atoms with van der Waals surface area (Å²) in [5, 5.41) is 26.5. The number of aromatic nitrogens is 2. The van der Waals surface area contributed by atoms with Crippen LogP contribution in [0.25, 0.3) is 0 Å². The van der Waals surface area contributed by atoms with Crippen LogP contribution in [0.2, 0.25) is 0 Å². The van der Waals surface area contributed by atoms with Crippen LogP contribution in [0.3, 0.4) is 0 Å². The summed E-state index contributed by atoms with van der Waals surface area (Å²) in [6.07, 6.45) is 2.53. The molecule has 1 aliphatic rings. The minimum absolute atomic E-state index is 0.0387. The molecular formula is C18H19FN6O3. The van der Waals surface area contributed by atoms with Crippen molar-refractivity contribution in [3.05, 3.63) is 41.5 Å². The fourth-order valence-electron chi connectivity index (χ4n) is 2.92. The van der Waals surface area contributed by atoms with Crippen LogP contribution in [0, 0.1) is 24.1 Å². The monoisotopic (exact) mass is 386 g/mol. The Hall–Kier alpha value is -3.45. The molecule has 3 rings (SSSR count). The van der Waals surface area contributed by atoms with Gasteiger partial charge in [0.05, 0.1) is 36.1 Å². The van der Waals surface area contributed by atoms with Crippen molar-refractivity contribution in [2.75, 3.05) is 23.8 Å². The maximum Gasteiger partial charge on any atom is 0.405 e. The largest absolute Gasteiger partial charge is 0.465 e. The molecule has 3 heterocycles. The summed E-state index contributed by atoms with van der Waals surface area (Å²) in [4.78, 5) is 19.2. The number of nitrogens with one attached hydrogen (secondary N) is 3. The maximum absolute atomic E-state index is 14.5. The zero-order valence-electron chi connectivity index (χ0n) is 15.1. The van der Waals surface area contributed by atoms with Crippen LogP contribution in [-0.2, 0) is 4.74 Å². The van der Waals surface area contributed by atoms with Gasteiger partial charge in [-0.15, -0.1) is 0 Å². The number of hydrogen-bond donors (Lipinski definition) is 4. The first-order valence-electron chi connectivity index (χ1n) is 8.59. The van der Waals surface area contributed by atoms with Crippen LogP contribution in [0.4, 0.5) is 26.5 Å². The standard InChI is InChI=1S/C18H19FN6O3/c1-10-4-12(8-21-7-10)22-16-11(6-20)5-13(19)17(25-16)23-14-2-3-28-9-15(14)24-18(26)27/h4-5,7-8,14-15,24H,2-3,9H2,1H3,(H,26,27)(H2,22,23,25)/t14-,15+/m1/s1. The molecule has 146 valence electrons. The number of anilines is 3. The lowest BCUT2D eigenvalue weighted by Crippen LogP contribution is -2.52. The van der Waals surface area contributed by atoms with Crippen molar-refractivity contribution in [3.8, 4) is 6.07 Å². The van der Waals surface area contributed by atoms with Crippen LogP contribution in [0.15, 0.2) is 24.5 Å². The molecule has 2 aromatic rings. The van der Waals surface area contributed by atoms with Gasteiger partial charge in [0.15, 0.2) is 17.5 Å². The summed E-state index contributed by atoms with van der Waals surface area (Å²) in [7, 11) is 0. The van der Waals surface area contributed by atoms with E-state index in [1.165, 1.54) is 0 Å². The number of aryl methyl sites for hydroxylation is 1. The van der Waals surface area contributed by atoms with Crippen molar-refractivity contribution in [1.82, 2.24) is 15.3 Å². The Morgan fingerprint density at radius 3 is 2.89 bits per heavy atom. The Balaban J connectivity index is 1.86. The van der Waals surface area contributed by atoms with Crippen LogP contribution in [0.5, 0.6) is 0 Å². The van der Waals surface area contributed by atoms with E-state index in [-0.39, 0.29) is 23.8 Å². The van der Waals surface area contributed by atoms with E-state index in [9.17, 15) is 14.4 Å². The summed E-state index contributed by atoms with van der Waals surface area (Å²) in [5.41, 5.74) is 1.56. The van der Waals surface area contributed by atoms with Crippen LogP contribution in [0.1, 0.15) is 17.5 Å². The van der Waals surface area contributed by atoms with E-state index in [2.05, 4.69) is 25.9 Å². The first kappa shape index (κ1) is 19.3. The number of rotatable bonds is 5. The molecule has 0 radical (unpaired) electrons. The molecule has 1 amide bonds. The minimum Gasteiger partial charge on any atom is -0.465 e.